The number of carbonyl (C=O) groups excluding carboxylic acids is 1. The number of aromatic hydroxyl groups is 2. The molecule has 1 amide bonds. The van der Waals surface area contributed by atoms with Gasteiger partial charge in [0.1, 0.15) is 17.6 Å². The molecule has 1 saturated heterocycles. The van der Waals surface area contributed by atoms with E-state index in [0.29, 0.717) is 24.3 Å². The molecule has 9 nitrogen and oxygen atoms in total. The van der Waals surface area contributed by atoms with Gasteiger partial charge in [-0.15, -0.1) is 0 Å². The van der Waals surface area contributed by atoms with Crippen LogP contribution in [0.2, 0.25) is 0 Å². The molecule has 1 fully saturated rings. The van der Waals surface area contributed by atoms with Crippen LogP contribution in [-0.2, 0) is 4.79 Å². The van der Waals surface area contributed by atoms with Gasteiger partial charge in [-0.3, -0.25) is 9.36 Å². The minimum atomic E-state index is -0.608. The molecule has 2 N–H and O–H groups in total. The zero-order valence-corrected chi connectivity index (χ0v) is 18.7. The first-order chi connectivity index (χ1) is 17.0. The summed E-state index contributed by atoms with van der Waals surface area (Å²) < 4.78 is 26.6. The van der Waals surface area contributed by atoms with E-state index in [1.165, 1.54) is 24.3 Å². The lowest BCUT2D eigenvalue weighted by molar-refractivity contribution is -0.138. The second-order valence-corrected chi connectivity index (χ2v) is 8.24. The zero-order chi connectivity index (χ0) is 24.4. The van der Waals surface area contributed by atoms with Gasteiger partial charge in [0.15, 0.2) is 18.4 Å². The van der Waals surface area contributed by atoms with E-state index in [-0.39, 0.29) is 41.7 Å². The number of halogens is 1. The van der Waals surface area contributed by atoms with Gasteiger partial charge in [0.2, 0.25) is 11.7 Å². The van der Waals surface area contributed by atoms with E-state index in [1.807, 2.05) is 18.2 Å². The van der Waals surface area contributed by atoms with Gasteiger partial charge in [-0.05, 0) is 49.6 Å². The van der Waals surface area contributed by atoms with Gasteiger partial charge in [-0.2, -0.15) is 4.98 Å². The lowest BCUT2D eigenvalue weighted by atomic mass is 10.0. The Hall–Kier alpha value is -4.34. The smallest absolute Gasteiger partial charge is 0.261 e. The molecule has 0 radical (unpaired) electrons. The quantitative estimate of drug-likeness (QED) is 0.427. The minimum Gasteiger partial charge on any atom is -0.494 e. The third-order valence-electron chi connectivity index (χ3n) is 5.89. The van der Waals surface area contributed by atoms with Crippen LogP contribution in [0.4, 0.5) is 4.39 Å². The summed E-state index contributed by atoms with van der Waals surface area (Å²) in [5, 5.41) is 24.0. The monoisotopic (exact) mass is 478 g/mol. The van der Waals surface area contributed by atoms with Crippen LogP contribution >= 0.6 is 0 Å². The Kier molecular flexibility index (Phi) is 6.09. The van der Waals surface area contributed by atoms with Gasteiger partial charge in [0.05, 0.1) is 5.69 Å². The first-order valence-electron chi connectivity index (χ1n) is 11.2. The summed E-state index contributed by atoms with van der Waals surface area (Å²) in [6.45, 7) is 0.425. The van der Waals surface area contributed by atoms with Crippen molar-refractivity contribution in [3.8, 4) is 34.6 Å². The number of piperidine rings is 1. The number of ether oxygens (including phenoxy) is 1. The van der Waals surface area contributed by atoms with Gasteiger partial charge in [0.25, 0.3) is 5.91 Å². The summed E-state index contributed by atoms with van der Waals surface area (Å²) in [5.41, 5.74) is 0.488. The average molecular weight is 478 g/mol. The standard InChI is InChI=1S/C25H23FN4O5/c26-17-12-16(13-18(14-17)30-21(31)9-10-22(30)32)24-27-25(35-28-24)20-8-4-5-11-29(20)23(33)15-34-19-6-2-1-3-7-19/h1-3,6-7,9-10,12-14,20,31-32H,4-5,8,11,15H2. The molecule has 0 spiro atoms. The number of likely N-dealkylation sites (tertiary alicyclic amines) is 1. The lowest BCUT2D eigenvalue weighted by Crippen LogP contribution is -2.41. The summed E-state index contributed by atoms with van der Waals surface area (Å²) in [7, 11) is 0. The molecule has 35 heavy (non-hydrogen) atoms. The maximum Gasteiger partial charge on any atom is 0.261 e. The average Bonchev–Trinajstić information content (AvgIpc) is 3.49. The Labute approximate surface area is 200 Å². The van der Waals surface area contributed by atoms with Crippen molar-refractivity contribution in [2.24, 2.45) is 0 Å². The summed E-state index contributed by atoms with van der Waals surface area (Å²) in [4.78, 5) is 19.1. The van der Waals surface area contributed by atoms with Gasteiger partial charge < -0.3 is 24.4 Å². The first-order valence-corrected chi connectivity index (χ1v) is 11.2. The van der Waals surface area contributed by atoms with E-state index in [4.69, 9.17) is 9.26 Å². The predicted molar refractivity (Wildman–Crippen MR) is 123 cm³/mol. The van der Waals surface area contributed by atoms with Crippen LogP contribution in [0, 0.1) is 5.82 Å². The molecule has 0 saturated carbocycles. The van der Waals surface area contributed by atoms with Gasteiger partial charge >= 0.3 is 0 Å². The van der Waals surface area contributed by atoms with Crippen LogP contribution in [-0.4, -0.2) is 48.9 Å². The maximum atomic E-state index is 14.4. The van der Waals surface area contributed by atoms with Crippen molar-refractivity contribution in [2.75, 3.05) is 13.2 Å². The highest BCUT2D eigenvalue weighted by atomic mass is 19.1. The number of para-hydroxylation sites is 1. The number of carbonyl (C=O) groups is 1. The largest absolute Gasteiger partial charge is 0.494 e. The van der Waals surface area contributed by atoms with E-state index >= 15 is 0 Å². The number of benzene rings is 2. The predicted octanol–water partition coefficient (Wildman–Crippen LogP) is 4.21. The SMILES string of the molecule is O=C(COc1ccccc1)N1CCCCC1c1nc(-c2cc(F)cc(-n3c(O)ccc3O)c2)no1. The Morgan fingerprint density at radius 3 is 2.63 bits per heavy atom. The van der Waals surface area contributed by atoms with Crippen molar-refractivity contribution < 1.29 is 28.7 Å². The fraction of sp³-hybridized carbons (Fsp3) is 0.240. The molecule has 2 aromatic carbocycles. The molecule has 1 aliphatic heterocycles. The van der Waals surface area contributed by atoms with Crippen molar-refractivity contribution >= 4 is 5.91 Å². The van der Waals surface area contributed by atoms with Crippen LogP contribution in [0.25, 0.3) is 17.1 Å². The first kappa shape index (κ1) is 22.5. The van der Waals surface area contributed by atoms with Crippen molar-refractivity contribution in [2.45, 2.75) is 25.3 Å². The molecule has 3 heterocycles. The van der Waals surface area contributed by atoms with E-state index in [1.54, 1.807) is 17.0 Å². The van der Waals surface area contributed by atoms with Crippen molar-refractivity contribution in [1.29, 1.82) is 0 Å². The number of rotatable bonds is 6. The molecule has 1 atom stereocenters. The van der Waals surface area contributed by atoms with E-state index in [2.05, 4.69) is 10.1 Å². The number of aromatic nitrogens is 3. The summed E-state index contributed by atoms with van der Waals surface area (Å²) in [5.74, 6) is -0.301. The second kappa shape index (κ2) is 9.49. The van der Waals surface area contributed by atoms with E-state index in [9.17, 15) is 19.4 Å². The Morgan fingerprint density at radius 1 is 1.09 bits per heavy atom. The molecule has 180 valence electrons. The highest BCUT2D eigenvalue weighted by Gasteiger charge is 2.32. The van der Waals surface area contributed by atoms with Crippen LogP contribution < -0.4 is 4.74 Å². The maximum absolute atomic E-state index is 14.4. The Morgan fingerprint density at radius 2 is 1.86 bits per heavy atom. The molecule has 2 aromatic heterocycles. The molecule has 0 aliphatic carbocycles. The Bertz CT molecular complexity index is 1320. The number of amides is 1. The summed E-state index contributed by atoms with van der Waals surface area (Å²) >= 11 is 0. The third-order valence-corrected chi connectivity index (χ3v) is 5.89. The Balaban J connectivity index is 1.37. The van der Waals surface area contributed by atoms with E-state index < -0.39 is 11.9 Å². The third kappa shape index (κ3) is 4.68. The number of hydrogen-bond acceptors (Lipinski definition) is 7. The minimum absolute atomic E-state index is 0.112. The number of hydrogen-bond donors (Lipinski definition) is 2. The molecular weight excluding hydrogens is 455 g/mol. The molecule has 5 rings (SSSR count). The molecule has 0 bridgehead atoms. The second-order valence-electron chi connectivity index (χ2n) is 8.24. The van der Waals surface area contributed by atoms with Crippen LogP contribution in [0.3, 0.4) is 0 Å². The van der Waals surface area contributed by atoms with Crippen molar-refractivity contribution in [1.82, 2.24) is 19.6 Å². The molecule has 1 aliphatic rings. The number of nitrogens with zero attached hydrogens (tertiary/aromatic N) is 4. The summed E-state index contributed by atoms with van der Waals surface area (Å²) in [6, 6.07) is 15.2. The highest BCUT2D eigenvalue weighted by Crippen LogP contribution is 2.33. The van der Waals surface area contributed by atoms with Crippen LogP contribution in [0.15, 0.2) is 65.2 Å². The van der Waals surface area contributed by atoms with Gasteiger partial charge in [-0.25, -0.2) is 4.39 Å². The molecule has 4 aromatic rings. The lowest BCUT2D eigenvalue weighted by Gasteiger charge is -2.33. The van der Waals surface area contributed by atoms with Crippen molar-refractivity contribution in [3.63, 3.8) is 0 Å². The summed E-state index contributed by atoms with van der Waals surface area (Å²) in [6.07, 6.45) is 2.39. The molecule has 1 unspecified atom stereocenters. The van der Waals surface area contributed by atoms with E-state index in [0.717, 1.165) is 23.5 Å². The van der Waals surface area contributed by atoms with Gasteiger partial charge in [0, 0.05) is 24.2 Å². The van der Waals surface area contributed by atoms with Crippen molar-refractivity contribution in [3.05, 3.63) is 72.4 Å². The van der Waals surface area contributed by atoms with Crippen LogP contribution in [0.5, 0.6) is 17.5 Å². The van der Waals surface area contributed by atoms with Crippen LogP contribution in [0.1, 0.15) is 31.2 Å². The molecular formula is C25H23FN4O5. The fourth-order valence-electron chi connectivity index (χ4n) is 4.23. The zero-order valence-electron chi connectivity index (χ0n) is 18.7. The fourth-order valence-corrected chi connectivity index (χ4v) is 4.23. The van der Waals surface area contributed by atoms with Gasteiger partial charge in [-0.1, -0.05) is 23.4 Å². The topological polar surface area (TPSA) is 114 Å². The highest BCUT2D eigenvalue weighted by molar-refractivity contribution is 5.78. The molecule has 10 heteroatoms. The normalized spacial score (nSPS) is 15.8.